The first kappa shape index (κ1) is 11.6. The third-order valence-corrected chi connectivity index (χ3v) is 3.03. The second kappa shape index (κ2) is 4.93. The van der Waals surface area contributed by atoms with E-state index in [2.05, 4.69) is 11.4 Å². The van der Waals surface area contributed by atoms with Crippen molar-refractivity contribution in [2.24, 2.45) is 0 Å². The molecule has 88 valence electrons. The van der Waals surface area contributed by atoms with Crippen LogP contribution >= 0.6 is 11.6 Å². The zero-order chi connectivity index (χ0) is 11.5. The Labute approximate surface area is 101 Å². The van der Waals surface area contributed by atoms with Gasteiger partial charge in [-0.1, -0.05) is 17.7 Å². The molecule has 1 aliphatic rings. The molecule has 0 bridgehead atoms. The Kier molecular flexibility index (Phi) is 3.56. The molecule has 0 radical (unpaired) electrons. The topological polar surface area (TPSA) is 24.5 Å². The fourth-order valence-electron chi connectivity index (χ4n) is 1.95. The van der Waals surface area contributed by atoms with Gasteiger partial charge in [-0.15, -0.1) is 0 Å². The lowest BCUT2D eigenvalue weighted by Crippen LogP contribution is -2.21. The van der Waals surface area contributed by atoms with Gasteiger partial charge >= 0.3 is 0 Å². The fraction of sp³-hybridized carbons (Fsp3) is 0.500. The summed E-state index contributed by atoms with van der Waals surface area (Å²) in [6.45, 7) is 1.62. The second-order valence-corrected chi connectivity index (χ2v) is 4.64. The standard InChI is InChI=1S/C12H17ClN2O/c1-15(2)12-10(13)4-3-5-11(12)14-9-6-7-16-8-9/h3-5,9,14H,6-8H2,1-2H3. The highest BCUT2D eigenvalue weighted by Gasteiger charge is 2.17. The minimum atomic E-state index is 0.400. The van der Waals surface area contributed by atoms with Gasteiger partial charge in [0.2, 0.25) is 0 Å². The highest BCUT2D eigenvalue weighted by atomic mass is 35.5. The summed E-state index contributed by atoms with van der Waals surface area (Å²) >= 11 is 6.20. The number of hydrogen-bond acceptors (Lipinski definition) is 3. The zero-order valence-electron chi connectivity index (χ0n) is 9.66. The maximum atomic E-state index is 6.20. The molecule has 0 saturated carbocycles. The quantitative estimate of drug-likeness (QED) is 0.879. The molecular weight excluding hydrogens is 224 g/mol. The molecule has 1 saturated heterocycles. The van der Waals surface area contributed by atoms with Gasteiger partial charge in [-0.25, -0.2) is 0 Å². The van der Waals surface area contributed by atoms with Gasteiger partial charge in [-0.3, -0.25) is 0 Å². The van der Waals surface area contributed by atoms with Crippen molar-refractivity contribution in [1.29, 1.82) is 0 Å². The van der Waals surface area contributed by atoms with E-state index in [0.29, 0.717) is 6.04 Å². The molecule has 0 amide bonds. The van der Waals surface area contributed by atoms with Crippen molar-refractivity contribution in [3.63, 3.8) is 0 Å². The minimum Gasteiger partial charge on any atom is -0.379 e. The largest absolute Gasteiger partial charge is 0.379 e. The van der Waals surface area contributed by atoms with Crippen LogP contribution in [0.4, 0.5) is 11.4 Å². The van der Waals surface area contributed by atoms with Crippen LogP contribution in [-0.4, -0.2) is 33.4 Å². The van der Waals surface area contributed by atoms with Crippen LogP contribution in [-0.2, 0) is 4.74 Å². The van der Waals surface area contributed by atoms with E-state index in [4.69, 9.17) is 16.3 Å². The van der Waals surface area contributed by atoms with Gasteiger partial charge in [0.25, 0.3) is 0 Å². The minimum absolute atomic E-state index is 0.400. The highest BCUT2D eigenvalue weighted by molar-refractivity contribution is 6.34. The molecule has 1 aromatic rings. The van der Waals surface area contributed by atoms with Crippen molar-refractivity contribution < 1.29 is 4.74 Å². The Balaban J connectivity index is 2.21. The monoisotopic (exact) mass is 240 g/mol. The van der Waals surface area contributed by atoms with E-state index >= 15 is 0 Å². The summed E-state index contributed by atoms with van der Waals surface area (Å²) in [6, 6.07) is 6.33. The number of rotatable bonds is 3. The highest BCUT2D eigenvalue weighted by Crippen LogP contribution is 2.33. The third kappa shape index (κ3) is 2.42. The smallest absolute Gasteiger partial charge is 0.0786 e. The number of anilines is 2. The summed E-state index contributed by atoms with van der Waals surface area (Å²) in [6.07, 6.45) is 1.05. The van der Waals surface area contributed by atoms with Gasteiger partial charge in [0.15, 0.2) is 0 Å². The van der Waals surface area contributed by atoms with E-state index in [0.717, 1.165) is 36.0 Å². The van der Waals surface area contributed by atoms with E-state index in [9.17, 15) is 0 Å². The predicted molar refractivity (Wildman–Crippen MR) is 68.6 cm³/mol. The summed E-state index contributed by atoms with van der Waals surface area (Å²) in [5, 5.41) is 4.25. The number of hydrogen-bond donors (Lipinski definition) is 1. The number of nitrogens with zero attached hydrogens (tertiary/aromatic N) is 1. The molecule has 0 aromatic heterocycles. The molecule has 1 atom stereocenters. The van der Waals surface area contributed by atoms with Gasteiger partial charge in [0.05, 0.1) is 29.0 Å². The molecule has 1 N–H and O–H groups in total. The zero-order valence-corrected chi connectivity index (χ0v) is 10.4. The first-order chi connectivity index (χ1) is 7.68. The average molecular weight is 241 g/mol. The number of benzene rings is 1. The molecule has 1 aliphatic heterocycles. The fourth-order valence-corrected chi connectivity index (χ4v) is 2.30. The van der Waals surface area contributed by atoms with Crippen molar-refractivity contribution in [2.75, 3.05) is 37.5 Å². The third-order valence-electron chi connectivity index (χ3n) is 2.72. The van der Waals surface area contributed by atoms with Crippen LogP contribution < -0.4 is 10.2 Å². The van der Waals surface area contributed by atoms with Gasteiger partial charge in [0, 0.05) is 20.7 Å². The van der Waals surface area contributed by atoms with Crippen LogP contribution in [0, 0.1) is 0 Å². The first-order valence-corrected chi connectivity index (χ1v) is 5.86. The number of ether oxygens (including phenoxy) is 1. The number of nitrogens with one attached hydrogen (secondary N) is 1. The van der Waals surface area contributed by atoms with Gasteiger partial charge in [-0.2, -0.15) is 0 Å². The van der Waals surface area contributed by atoms with Crippen LogP contribution in [0.1, 0.15) is 6.42 Å². The lowest BCUT2D eigenvalue weighted by atomic mass is 10.2. The van der Waals surface area contributed by atoms with Crippen molar-refractivity contribution in [1.82, 2.24) is 0 Å². The van der Waals surface area contributed by atoms with Gasteiger partial charge in [0.1, 0.15) is 0 Å². The summed E-state index contributed by atoms with van der Waals surface area (Å²) < 4.78 is 5.35. The Hall–Kier alpha value is -0.930. The molecular formula is C12H17ClN2O. The Bertz CT molecular complexity index is 362. The maximum Gasteiger partial charge on any atom is 0.0786 e. The molecule has 0 aliphatic carbocycles. The molecule has 1 fully saturated rings. The van der Waals surface area contributed by atoms with Crippen LogP contribution in [0.3, 0.4) is 0 Å². The number of halogens is 1. The molecule has 0 spiro atoms. The Morgan fingerprint density at radius 2 is 2.25 bits per heavy atom. The SMILES string of the molecule is CN(C)c1c(Cl)cccc1NC1CCOC1. The van der Waals surface area contributed by atoms with Crippen molar-refractivity contribution in [3.8, 4) is 0 Å². The Morgan fingerprint density at radius 1 is 1.44 bits per heavy atom. The van der Waals surface area contributed by atoms with Crippen molar-refractivity contribution in [3.05, 3.63) is 23.2 Å². The molecule has 2 rings (SSSR count). The lowest BCUT2D eigenvalue weighted by Gasteiger charge is -2.22. The van der Waals surface area contributed by atoms with Crippen LogP contribution in [0.15, 0.2) is 18.2 Å². The lowest BCUT2D eigenvalue weighted by molar-refractivity contribution is 0.195. The van der Waals surface area contributed by atoms with Crippen LogP contribution in [0.5, 0.6) is 0 Å². The molecule has 1 unspecified atom stereocenters. The summed E-state index contributed by atoms with van der Waals surface area (Å²) in [5.74, 6) is 0. The molecule has 4 heteroatoms. The van der Waals surface area contributed by atoms with E-state index in [1.807, 2.05) is 31.1 Å². The summed E-state index contributed by atoms with van der Waals surface area (Å²) in [7, 11) is 4.00. The molecule has 3 nitrogen and oxygen atoms in total. The normalized spacial score (nSPS) is 19.8. The van der Waals surface area contributed by atoms with Gasteiger partial charge < -0.3 is 15.0 Å². The van der Waals surface area contributed by atoms with Crippen molar-refractivity contribution in [2.45, 2.75) is 12.5 Å². The van der Waals surface area contributed by atoms with Crippen molar-refractivity contribution >= 4 is 23.0 Å². The van der Waals surface area contributed by atoms with E-state index in [1.165, 1.54) is 0 Å². The summed E-state index contributed by atoms with van der Waals surface area (Å²) in [5.41, 5.74) is 2.11. The second-order valence-electron chi connectivity index (χ2n) is 4.24. The average Bonchev–Trinajstić information content (AvgIpc) is 2.70. The molecule has 1 heterocycles. The molecule has 1 aromatic carbocycles. The van der Waals surface area contributed by atoms with E-state index in [-0.39, 0.29) is 0 Å². The van der Waals surface area contributed by atoms with Crippen LogP contribution in [0.2, 0.25) is 5.02 Å². The van der Waals surface area contributed by atoms with Gasteiger partial charge in [-0.05, 0) is 18.6 Å². The predicted octanol–water partition coefficient (Wildman–Crippen LogP) is 2.61. The maximum absolute atomic E-state index is 6.20. The summed E-state index contributed by atoms with van der Waals surface area (Å²) in [4.78, 5) is 2.03. The van der Waals surface area contributed by atoms with E-state index in [1.54, 1.807) is 0 Å². The van der Waals surface area contributed by atoms with E-state index < -0.39 is 0 Å². The van der Waals surface area contributed by atoms with Crippen LogP contribution in [0.25, 0.3) is 0 Å². The first-order valence-electron chi connectivity index (χ1n) is 5.48. The molecule has 16 heavy (non-hydrogen) atoms. The Morgan fingerprint density at radius 3 is 2.88 bits per heavy atom. The number of para-hydroxylation sites is 1.